The fourth-order valence-electron chi connectivity index (χ4n) is 2.49. The summed E-state index contributed by atoms with van der Waals surface area (Å²) in [6.45, 7) is 1.90. The van der Waals surface area contributed by atoms with Crippen molar-refractivity contribution in [2.45, 2.75) is 37.1 Å². The van der Waals surface area contributed by atoms with E-state index < -0.39 is 9.84 Å². The molecule has 1 aromatic rings. The van der Waals surface area contributed by atoms with Crippen LogP contribution in [0.3, 0.4) is 0 Å². The van der Waals surface area contributed by atoms with Crippen LogP contribution in [0.2, 0.25) is 0 Å². The number of hydrogen-bond donors (Lipinski definition) is 1. The first-order chi connectivity index (χ1) is 9.86. The molecule has 4 nitrogen and oxygen atoms in total. The zero-order valence-corrected chi connectivity index (χ0v) is 13.2. The van der Waals surface area contributed by atoms with Gasteiger partial charge in [-0.15, -0.1) is 0 Å². The molecule has 1 N–H and O–H groups in total. The van der Waals surface area contributed by atoms with Crippen molar-refractivity contribution < 1.29 is 13.2 Å². The van der Waals surface area contributed by atoms with Crippen molar-refractivity contribution in [2.75, 3.05) is 6.26 Å². The topological polar surface area (TPSA) is 63.2 Å². The molecule has 21 heavy (non-hydrogen) atoms. The van der Waals surface area contributed by atoms with Crippen molar-refractivity contribution in [1.29, 1.82) is 0 Å². The Bertz CT molecular complexity index is 632. The molecule has 1 aliphatic rings. The van der Waals surface area contributed by atoms with Crippen molar-refractivity contribution in [2.24, 2.45) is 5.92 Å². The normalized spacial score (nSPS) is 19.4. The molecule has 0 saturated carbocycles. The lowest BCUT2D eigenvalue weighted by Gasteiger charge is -2.16. The van der Waals surface area contributed by atoms with Crippen LogP contribution in [-0.4, -0.2) is 20.6 Å². The number of rotatable bonds is 5. The van der Waals surface area contributed by atoms with E-state index in [9.17, 15) is 13.2 Å². The maximum Gasteiger partial charge on any atom is 0.221 e. The van der Waals surface area contributed by atoms with Crippen LogP contribution in [0.1, 0.15) is 37.8 Å². The summed E-state index contributed by atoms with van der Waals surface area (Å²) in [6.07, 6.45) is 8.02. The van der Waals surface area contributed by atoms with Gasteiger partial charge in [0.05, 0.1) is 10.9 Å². The third-order valence-electron chi connectivity index (χ3n) is 3.75. The van der Waals surface area contributed by atoms with Crippen LogP contribution in [0.4, 0.5) is 0 Å². The number of sulfone groups is 1. The Morgan fingerprint density at radius 2 is 2.00 bits per heavy atom. The Labute approximate surface area is 126 Å². The van der Waals surface area contributed by atoms with Crippen LogP contribution in [0.15, 0.2) is 41.3 Å². The molecular weight excluding hydrogens is 286 g/mol. The Balaban J connectivity index is 1.94. The van der Waals surface area contributed by atoms with Crippen LogP contribution >= 0.6 is 0 Å². The van der Waals surface area contributed by atoms with E-state index in [0.717, 1.165) is 18.4 Å². The quantitative estimate of drug-likeness (QED) is 0.851. The highest BCUT2D eigenvalue weighted by molar-refractivity contribution is 7.90. The first-order valence-corrected chi connectivity index (χ1v) is 9.01. The number of hydrogen-bond acceptors (Lipinski definition) is 3. The molecule has 2 atom stereocenters. The second-order valence-corrected chi connectivity index (χ2v) is 7.62. The number of allylic oxidation sites excluding steroid dienone is 2. The molecule has 1 aromatic carbocycles. The average Bonchev–Trinajstić information content (AvgIpc) is 2.90. The molecule has 114 valence electrons. The minimum Gasteiger partial charge on any atom is -0.350 e. The molecule has 1 aliphatic carbocycles. The molecule has 0 saturated heterocycles. The van der Waals surface area contributed by atoms with Crippen LogP contribution in [0.5, 0.6) is 0 Å². The predicted octanol–water partition coefficient (Wildman–Crippen LogP) is 2.62. The predicted molar refractivity (Wildman–Crippen MR) is 82.6 cm³/mol. The molecular formula is C16H21NO3S. The van der Waals surface area contributed by atoms with Gasteiger partial charge >= 0.3 is 0 Å². The molecule has 1 amide bonds. The van der Waals surface area contributed by atoms with Gasteiger partial charge < -0.3 is 5.32 Å². The minimum atomic E-state index is -3.18. The molecule has 0 aromatic heterocycles. The second kappa shape index (κ2) is 6.43. The zero-order chi connectivity index (χ0) is 15.5. The van der Waals surface area contributed by atoms with Crippen LogP contribution in [-0.2, 0) is 14.6 Å². The third-order valence-corrected chi connectivity index (χ3v) is 4.87. The fraction of sp³-hybridized carbons (Fsp3) is 0.438. The van der Waals surface area contributed by atoms with Gasteiger partial charge in [-0.05, 0) is 43.4 Å². The summed E-state index contributed by atoms with van der Waals surface area (Å²) in [4.78, 5) is 12.3. The smallest absolute Gasteiger partial charge is 0.221 e. The van der Waals surface area contributed by atoms with Gasteiger partial charge in [0.2, 0.25) is 5.91 Å². The summed E-state index contributed by atoms with van der Waals surface area (Å²) in [5.41, 5.74) is 0.901. The van der Waals surface area contributed by atoms with Gasteiger partial charge in [-0.2, -0.15) is 0 Å². The lowest BCUT2D eigenvalue weighted by Crippen LogP contribution is -2.27. The van der Waals surface area contributed by atoms with Crippen molar-refractivity contribution in [3.8, 4) is 0 Å². The minimum absolute atomic E-state index is 0.0336. The third kappa shape index (κ3) is 4.43. The number of carbonyl (C=O) groups excluding carboxylic acids is 1. The van der Waals surface area contributed by atoms with E-state index >= 15 is 0 Å². The summed E-state index contributed by atoms with van der Waals surface area (Å²) in [5.74, 6) is 0.385. The van der Waals surface area contributed by atoms with E-state index in [-0.39, 0.29) is 11.9 Å². The van der Waals surface area contributed by atoms with Crippen molar-refractivity contribution >= 4 is 15.7 Å². The standard InChI is InChI=1S/C16H21NO3S/c1-12(17-16(18)11-13-5-3-4-6-13)14-7-9-15(10-8-14)21(2,19)20/h3,5,7-10,12-13H,4,6,11H2,1-2H3,(H,17,18). The summed E-state index contributed by atoms with van der Waals surface area (Å²) < 4.78 is 22.8. The van der Waals surface area contributed by atoms with Crippen molar-refractivity contribution in [3.63, 3.8) is 0 Å². The van der Waals surface area contributed by atoms with Crippen LogP contribution in [0.25, 0.3) is 0 Å². The van der Waals surface area contributed by atoms with E-state index in [1.54, 1.807) is 24.3 Å². The first kappa shape index (κ1) is 15.8. The summed E-state index contributed by atoms with van der Waals surface area (Å²) in [6, 6.07) is 6.52. The molecule has 2 unspecified atom stereocenters. The van der Waals surface area contributed by atoms with Gasteiger partial charge in [0.25, 0.3) is 0 Å². The van der Waals surface area contributed by atoms with Crippen LogP contribution in [0, 0.1) is 5.92 Å². The summed E-state index contributed by atoms with van der Waals surface area (Å²) in [5, 5.41) is 2.96. The molecule has 5 heteroatoms. The highest BCUT2D eigenvalue weighted by atomic mass is 32.2. The van der Waals surface area contributed by atoms with Crippen molar-refractivity contribution in [1.82, 2.24) is 5.32 Å². The SMILES string of the molecule is CC(NC(=O)CC1C=CCC1)c1ccc(S(C)(=O)=O)cc1. The molecule has 0 spiro atoms. The zero-order valence-electron chi connectivity index (χ0n) is 12.4. The van der Waals surface area contributed by atoms with Gasteiger partial charge in [0.15, 0.2) is 9.84 Å². The Kier molecular flexibility index (Phi) is 4.83. The van der Waals surface area contributed by atoms with Gasteiger partial charge in [0, 0.05) is 12.7 Å². The summed E-state index contributed by atoms with van der Waals surface area (Å²) in [7, 11) is -3.18. The summed E-state index contributed by atoms with van der Waals surface area (Å²) >= 11 is 0. The first-order valence-electron chi connectivity index (χ1n) is 7.12. The van der Waals surface area contributed by atoms with Gasteiger partial charge in [-0.3, -0.25) is 4.79 Å². The monoisotopic (exact) mass is 307 g/mol. The second-order valence-electron chi connectivity index (χ2n) is 5.60. The van der Waals surface area contributed by atoms with Crippen molar-refractivity contribution in [3.05, 3.63) is 42.0 Å². The molecule has 2 rings (SSSR count). The lowest BCUT2D eigenvalue weighted by atomic mass is 10.0. The van der Waals surface area contributed by atoms with E-state index in [2.05, 4.69) is 17.5 Å². The molecule has 0 aliphatic heterocycles. The van der Waals surface area contributed by atoms with Gasteiger partial charge in [-0.1, -0.05) is 24.3 Å². The molecule has 0 bridgehead atoms. The maximum atomic E-state index is 12.0. The number of carbonyl (C=O) groups is 1. The Morgan fingerprint density at radius 1 is 1.33 bits per heavy atom. The Morgan fingerprint density at radius 3 is 2.52 bits per heavy atom. The van der Waals surface area contributed by atoms with Gasteiger partial charge in [0.1, 0.15) is 0 Å². The number of amides is 1. The average molecular weight is 307 g/mol. The van der Waals surface area contributed by atoms with E-state index in [1.165, 1.54) is 6.26 Å². The molecule has 0 fully saturated rings. The number of benzene rings is 1. The Hall–Kier alpha value is -1.62. The van der Waals surface area contributed by atoms with Crippen LogP contribution < -0.4 is 5.32 Å². The number of nitrogens with one attached hydrogen (secondary N) is 1. The molecule has 0 heterocycles. The van der Waals surface area contributed by atoms with E-state index in [1.807, 2.05) is 6.92 Å². The largest absolute Gasteiger partial charge is 0.350 e. The fourth-order valence-corrected chi connectivity index (χ4v) is 3.12. The highest BCUT2D eigenvalue weighted by Crippen LogP contribution is 2.21. The van der Waals surface area contributed by atoms with Gasteiger partial charge in [-0.25, -0.2) is 8.42 Å². The van der Waals surface area contributed by atoms with E-state index in [0.29, 0.717) is 17.2 Å². The highest BCUT2D eigenvalue weighted by Gasteiger charge is 2.16. The maximum absolute atomic E-state index is 12.0. The molecule has 0 radical (unpaired) electrons. The van der Waals surface area contributed by atoms with E-state index in [4.69, 9.17) is 0 Å². The lowest BCUT2D eigenvalue weighted by molar-refractivity contribution is -0.122.